The van der Waals surface area contributed by atoms with E-state index in [2.05, 4.69) is 62.2 Å². The molecule has 86 valence electrons. The molecule has 0 saturated carbocycles. The molecule has 0 N–H and O–H groups in total. The lowest BCUT2D eigenvalue weighted by atomic mass is 9.96. The lowest BCUT2D eigenvalue weighted by molar-refractivity contribution is 1.38. The highest BCUT2D eigenvalue weighted by Gasteiger charge is 2.07. The van der Waals surface area contributed by atoms with E-state index < -0.39 is 0 Å². The van der Waals surface area contributed by atoms with Crippen molar-refractivity contribution in [2.45, 2.75) is 11.8 Å². The van der Waals surface area contributed by atoms with Gasteiger partial charge in [0.05, 0.1) is 0 Å². The van der Waals surface area contributed by atoms with Crippen molar-refractivity contribution < 1.29 is 0 Å². The third kappa shape index (κ3) is 2.29. The van der Waals surface area contributed by atoms with Gasteiger partial charge in [-0.05, 0) is 41.5 Å². The second-order valence-corrected chi connectivity index (χ2v) is 4.77. The van der Waals surface area contributed by atoms with E-state index in [1.807, 2.05) is 6.08 Å². The van der Waals surface area contributed by atoms with Gasteiger partial charge in [0, 0.05) is 4.90 Å². The van der Waals surface area contributed by atoms with Crippen LogP contribution in [0.1, 0.15) is 11.1 Å². The zero-order valence-corrected chi connectivity index (χ0v) is 11.1. The van der Waals surface area contributed by atoms with E-state index in [1.54, 1.807) is 11.8 Å². The Morgan fingerprint density at radius 2 is 1.71 bits per heavy atom. The molecule has 0 aliphatic rings. The van der Waals surface area contributed by atoms with Gasteiger partial charge in [0.2, 0.25) is 0 Å². The Kier molecular flexibility index (Phi) is 3.70. The number of hydrogen-bond donors (Lipinski definition) is 0. The average molecular weight is 240 g/mol. The number of thioether (sulfide) groups is 1. The molecule has 0 nitrogen and oxygen atoms in total. The minimum atomic E-state index is 1.21. The normalized spacial score (nSPS) is 10.2. The minimum Gasteiger partial charge on any atom is -0.129 e. The number of hydrogen-bond acceptors (Lipinski definition) is 1. The van der Waals surface area contributed by atoms with Crippen LogP contribution in [-0.4, -0.2) is 6.26 Å². The first-order valence-corrected chi connectivity index (χ1v) is 6.86. The van der Waals surface area contributed by atoms with E-state index in [-0.39, 0.29) is 0 Å². The summed E-state index contributed by atoms with van der Waals surface area (Å²) < 4.78 is 0. The predicted octanol–water partition coefficient (Wildman–Crippen LogP) is 5.03. The Morgan fingerprint density at radius 3 is 2.41 bits per heavy atom. The van der Waals surface area contributed by atoms with Crippen LogP contribution in [0.15, 0.2) is 53.9 Å². The molecule has 1 heteroatoms. The van der Waals surface area contributed by atoms with Crippen LogP contribution in [0.4, 0.5) is 0 Å². The Hall–Kier alpha value is -1.47. The quantitative estimate of drug-likeness (QED) is 0.678. The van der Waals surface area contributed by atoms with Gasteiger partial charge < -0.3 is 0 Å². The highest BCUT2D eigenvalue weighted by molar-refractivity contribution is 7.98. The molecule has 2 rings (SSSR count). The van der Waals surface area contributed by atoms with Crippen LogP contribution in [0.5, 0.6) is 0 Å². The van der Waals surface area contributed by atoms with Crippen molar-refractivity contribution in [3.05, 3.63) is 60.2 Å². The fourth-order valence-corrected chi connectivity index (χ4v) is 2.65. The second kappa shape index (κ2) is 5.24. The molecule has 0 atom stereocenters. The first-order chi connectivity index (χ1) is 8.27. The summed E-state index contributed by atoms with van der Waals surface area (Å²) in [4.78, 5) is 1.32. The van der Waals surface area contributed by atoms with Crippen molar-refractivity contribution in [3.8, 4) is 11.1 Å². The van der Waals surface area contributed by atoms with Crippen molar-refractivity contribution in [3.63, 3.8) is 0 Å². The predicted molar refractivity (Wildman–Crippen MR) is 78.5 cm³/mol. The van der Waals surface area contributed by atoms with Gasteiger partial charge in [-0.1, -0.05) is 49.1 Å². The summed E-state index contributed by atoms with van der Waals surface area (Å²) in [5.41, 5.74) is 5.11. The van der Waals surface area contributed by atoms with Crippen LogP contribution in [0, 0.1) is 6.92 Å². The van der Waals surface area contributed by atoms with Gasteiger partial charge in [-0.2, -0.15) is 0 Å². The van der Waals surface area contributed by atoms with Crippen LogP contribution in [0.3, 0.4) is 0 Å². The number of rotatable bonds is 3. The molecule has 0 fully saturated rings. The van der Waals surface area contributed by atoms with Crippen molar-refractivity contribution in [1.82, 2.24) is 0 Å². The molecule has 2 aromatic rings. The molecule has 0 heterocycles. The maximum absolute atomic E-state index is 3.86. The molecule has 2 aromatic carbocycles. The lowest BCUT2D eigenvalue weighted by Gasteiger charge is -2.12. The molecule has 0 aliphatic heterocycles. The highest BCUT2D eigenvalue weighted by Crippen LogP contribution is 2.33. The topological polar surface area (TPSA) is 0 Å². The summed E-state index contributed by atoms with van der Waals surface area (Å²) in [6.45, 7) is 6.02. The van der Waals surface area contributed by atoms with E-state index in [0.29, 0.717) is 0 Å². The smallest absolute Gasteiger partial charge is 0.0148 e. The largest absolute Gasteiger partial charge is 0.129 e. The van der Waals surface area contributed by atoms with E-state index in [0.717, 1.165) is 0 Å². The van der Waals surface area contributed by atoms with Gasteiger partial charge in [-0.15, -0.1) is 11.8 Å². The standard InChI is InChI=1S/C16H16S/c1-4-13-8-7-10-14(12(13)2)15-9-5-6-11-16(15)17-3/h4-11H,1H2,2-3H3. The van der Waals surface area contributed by atoms with Crippen molar-refractivity contribution in [2.75, 3.05) is 6.26 Å². The van der Waals surface area contributed by atoms with E-state index in [1.165, 1.54) is 27.1 Å². The molecular weight excluding hydrogens is 224 g/mol. The zero-order chi connectivity index (χ0) is 12.3. The van der Waals surface area contributed by atoms with Crippen LogP contribution in [0.2, 0.25) is 0 Å². The maximum Gasteiger partial charge on any atom is 0.0148 e. The minimum absolute atomic E-state index is 1.21. The molecule has 0 aromatic heterocycles. The molecule has 0 saturated heterocycles. The van der Waals surface area contributed by atoms with Crippen molar-refractivity contribution in [2.24, 2.45) is 0 Å². The van der Waals surface area contributed by atoms with Crippen LogP contribution < -0.4 is 0 Å². The number of benzene rings is 2. The summed E-state index contributed by atoms with van der Waals surface area (Å²) in [6, 6.07) is 14.9. The summed E-state index contributed by atoms with van der Waals surface area (Å²) in [7, 11) is 0. The summed E-state index contributed by atoms with van der Waals surface area (Å²) >= 11 is 1.79. The first-order valence-electron chi connectivity index (χ1n) is 5.63. The Morgan fingerprint density at radius 1 is 1.00 bits per heavy atom. The Balaban J connectivity index is 2.64. The van der Waals surface area contributed by atoms with E-state index in [9.17, 15) is 0 Å². The molecule has 0 spiro atoms. The third-order valence-electron chi connectivity index (χ3n) is 2.99. The molecule has 0 aliphatic carbocycles. The third-order valence-corrected chi connectivity index (χ3v) is 3.79. The van der Waals surface area contributed by atoms with E-state index >= 15 is 0 Å². The monoisotopic (exact) mass is 240 g/mol. The first kappa shape index (κ1) is 12.0. The van der Waals surface area contributed by atoms with Gasteiger partial charge >= 0.3 is 0 Å². The van der Waals surface area contributed by atoms with Crippen LogP contribution in [0.25, 0.3) is 17.2 Å². The summed E-state index contributed by atoms with van der Waals surface area (Å²) in [5.74, 6) is 0. The van der Waals surface area contributed by atoms with E-state index in [4.69, 9.17) is 0 Å². The fraction of sp³-hybridized carbons (Fsp3) is 0.125. The SMILES string of the molecule is C=Cc1cccc(-c2ccccc2SC)c1C. The average Bonchev–Trinajstić information content (AvgIpc) is 2.39. The van der Waals surface area contributed by atoms with Crippen LogP contribution in [-0.2, 0) is 0 Å². The maximum atomic E-state index is 3.86. The fourth-order valence-electron chi connectivity index (χ4n) is 2.03. The Bertz CT molecular complexity index is 541. The zero-order valence-electron chi connectivity index (χ0n) is 10.2. The molecule has 0 unspecified atom stereocenters. The van der Waals surface area contributed by atoms with Gasteiger partial charge in [0.1, 0.15) is 0 Å². The molecule has 0 radical (unpaired) electrons. The molecule has 0 bridgehead atoms. The lowest BCUT2D eigenvalue weighted by Crippen LogP contribution is -1.88. The Labute approximate surface area is 107 Å². The van der Waals surface area contributed by atoms with Gasteiger partial charge in [-0.3, -0.25) is 0 Å². The summed E-state index contributed by atoms with van der Waals surface area (Å²) in [6.07, 6.45) is 4.03. The highest BCUT2D eigenvalue weighted by atomic mass is 32.2. The van der Waals surface area contributed by atoms with Crippen molar-refractivity contribution >= 4 is 17.8 Å². The summed E-state index contributed by atoms with van der Waals surface area (Å²) in [5, 5.41) is 0. The molecular formula is C16H16S. The molecule has 0 amide bonds. The van der Waals surface area contributed by atoms with Gasteiger partial charge in [0.25, 0.3) is 0 Å². The van der Waals surface area contributed by atoms with Crippen LogP contribution >= 0.6 is 11.8 Å². The van der Waals surface area contributed by atoms with Gasteiger partial charge in [-0.25, -0.2) is 0 Å². The van der Waals surface area contributed by atoms with Crippen molar-refractivity contribution in [1.29, 1.82) is 0 Å². The molecule has 17 heavy (non-hydrogen) atoms. The second-order valence-electron chi connectivity index (χ2n) is 3.92. The van der Waals surface area contributed by atoms with Gasteiger partial charge in [0.15, 0.2) is 0 Å².